The second-order valence-electron chi connectivity index (χ2n) is 5.69. The lowest BCUT2D eigenvalue weighted by Gasteiger charge is -2.22. The maximum absolute atomic E-state index is 11.2. The van der Waals surface area contributed by atoms with Crippen molar-refractivity contribution in [2.24, 2.45) is 9.98 Å². The van der Waals surface area contributed by atoms with Crippen LogP contribution in [0.5, 0.6) is 0 Å². The Morgan fingerprint density at radius 1 is 1.21 bits per heavy atom. The van der Waals surface area contributed by atoms with Crippen molar-refractivity contribution >= 4 is 20.2 Å². The van der Waals surface area contributed by atoms with Crippen LogP contribution >= 0.6 is 0 Å². The van der Waals surface area contributed by atoms with Crippen molar-refractivity contribution in [2.45, 2.75) is 42.0 Å². The minimum atomic E-state index is -4.35. The summed E-state index contributed by atoms with van der Waals surface area (Å²) < 4.78 is 62.9. The van der Waals surface area contributed by atoms with Gasteiger partial charge in [-0.25, -0.2) is 0 Å². The Morgan fingerprint density at radius 2 is 1.83 bits per heavy atom. The van der Waals surface area contributed by atoms with E-state index in [1.165, 1.54) is 25.1 Å². The maximum atomic E-state index is 11.2. The first-order valence-corrected chi connectivity index (χ1v) is 10.1. The van der Waals surface area contributed by atoms with Crippen molar-refractivity contribution in [2.75, 3.05) is 0 Å². The Hall–Kier alpha value is -1.62. The molecule has 2 atom stereocenters. The van der Waals surface area contributed by atoms with E-state index < -0.39 is 31.1 Å². The molecule has 2 unspecified atom stereocenters. The first kappa shape index (κ1) is 18.7. The third-order valence-corrected chi connectivity index (χ3v) is 5.94. The SMILES string of the molecule is C=CCC1(CCC(C)S(=O)(=O)O)N=c2ccc(S(=O)(=O)O)cc2=N1. The Morgan fingerprint density at radius 3 is 2.38 bits per heavy atom. The monoisotopic (exact) mass is 374 g/mol. The second-order valence-corrected chi connectivity index (χ2v) is 8.94. The Bertz CT molecular complexity index is 985. The first-order valence-electron chi connectivity index (χ1n) is 7.11. The van der Waals surface area contributed by atoms with Gasteiger partial charge in [-0.15, -0.1) is 6.58 Å². The Labute approximate surface area is 140 Å². The fourth-order valence-electron chi connectivity index (χ4n) is 2.44. The van der Waals surface area contributed by atoms with Gasteiger partial charge in [-0.05, 0) is 38.0 Å². The van der Waals surface area contributed by atoms with Gasteiger partial charge in [0.05, 0.1) is 20.9 Å². The largest absolute Gasteiger partial charge is 0.294 e. The van der Waals surface area contributed by atoms with E-state index in [1.807, 2.05) is 0 Å². The topological polar surface area (TPSA) is 133 Å². The van der Waals surface area contributed by atoms with E-state index in [0.717, 1.165) is 0 Å². The normalized spacial score (nSPS) is 21.5. The van der Waals surface area contributed by atoms with Gasteiger partial charge in [0, 0.05) is 6.42 Å². The van der Waals surface area contributed by atoms with Gasteiger partial charge >= 0.3 is 0 Å². The summed E-state index contributed by atoms with van der Waals surface area (Å²) >= 11 is 0. The molecule has 0 fully saturated rings. The van der Waals surface area contributed by atoms with Gasteiger partial charge in [-0.2, -0.15) is 16.8 Å². The Kier molecular flexibility index (Phi) is 4.96. The lowest BCUT2D eigenvalue weighted by atomic mass is 10.0. The van der Waals surface area contributed by atoms with E-state index >= 15 is 0 Å². The van der Waals surface area contributed by atoms with Crippen LogP contribution in [0.15, 0.2) is 45.7 Å². The summed E-state index contributed by atoms with van der Waals surface area (Å²) in [4.78, 5) is 8.58. The summed E-state index contributed by atoms with van der Waals surface area (Å²) in [6, 6.07) is 3.86. The zero-order valence-corrected chi connectivity index (χ0v) is 14.6. The molecule has 0 amide bonds. The number of hydrogen-bond acceptors (Lipinski definition) is 6. The molecule has 132 valence electrons. The van der Waals surface area contributed by atoms with Gasteiger partial charge in [0.2, 0.25) is 0 Å². The summed E-state index contributed by atoms with van der Waals surface area (Å²) in [6.45, 7) is 5.03. The smallest absolute Gasteiger partial charge is 0.285 e. The molecule has 0 aliphatic carbocycles. The van der Waals surface area contributed by atoms with Gasteiger partial charge in [-0.1, -0.05) is 6.08 Å². The average molecular weight is 374 g/mol. The van der Waals surface area contributed by atoms with Gasteiger partial charge in [-0.3, -0.25) is 19.1 Å². The molecule has 1 aliphatic rings. The second kappa shape index (κ2) is 6.36. The molecule has 1 heterocycles. The number of fused-ring (bicyclic) bond motifs is 1. The fraction of sp³-hybridized carbons (Fsp3) is 0.429. The molecule has 8 nitrogen and oxygen atoms in total. The summed E-state index contributed by atoms with van der Waals surface area (Å²) in [7, 11) is -8.50. The third-order valence-electron chi connectivity index (χ3n) is 3.83. The van der Waals surface area contributed by atoms with Crippen LogP contribution in [0.3, 0.4) is 0 Å². The summed E-state index contributed by atoms with van der Waals surface area (Å²) in [5, 5.41) is -0.225. The zero-order chi connectivity index (χ0) is 18.2. The molecule has 2 N–H and O–H groups in total. The van der Waals surface area contributed by atoms with Gasteiger partial charge in [0.25, 0.3) is 20.2 Å². The summed E-state index contributed by atoms with van der Waals surface area (Å²) in [5.41, 5.74) is -0.999. The highest BCUT2D eigenvalue weighted by Gasteiger charge is 2.32. The van der Waals surface area contributed by atoms with E-state index in [-0.39, 0.29) is 17.7 Å². The number of benzene rings is 1. The van der Waals surface area contributed by atoms with Crippen molar-refractivity contribution in [3.8, 4) is 0 Å². The van der Waals surface area contributed by atoms with Gasteiger partial charge in [0.15, 0.2) is 5.66 Å². The van der Waals surface area contributed by atoms with Crippen LogP contribution in [0.1, 0.15) is 26.2 Å². The highest BCUT2D eigenvalue weighted by Crippen LogP contribution is 2.27. The minimum Gasteiger partial charge on any atom is -0.285 e. The van der Waals surface area contributed by atoms with Crippen LogP contribution in [0, 0.1) is 0 Å². The number of hydrogen-bond donors (Lipinski definition) is 2. The lowest BCUT2D eigenvalue weighted by Crippen LogP contribution is -2.26. The van der Waals surface area contributed by atoms with Crippen LogP contribution in [0.4, 0.5) is 0 Å². The van der Waals surface area contributed by atoms with E-state index in [9.17, 15) is 16.8 Å². The molecule has 0 aromatic heterocycles. The number of rotatable bonds is 7. The van der Waals surface area contributed by atoms with Crippen LogP contribution < -0.4 is 10.7 Å². The standard InChI is InChI=1S/C14H18N2O6S2/c1-3-7-14(8-6-10(2)23(17,18)19)15-12-5-4-11(24(20,21)22)9-13(12)16-14/h3-5,9-10H,1,6-8H2,2H3,(H,17,18,19)(H,20,21,22). The van der Waals surface area contributed by atoms with Gasteiger partial charge in [0.1, 0.15) is 0 Å². The molecule has 0 radical (unpaired) electrons. The molecular weight excluding hydrogens is 356 g/mol. The van der Waals surface area contributed by atoms with Crippen molar-refractivity contribution in [3.05, 3.63) is 41.6 Å². The van der Waals surface area contributed by atoms with E-state index in [1.54, 1.807) is 6.08 Å². The molecule has 1 aliphatic heterocycles. The predicted molar refractivity (Wildman–Crippen MR) is 86.4 cm³/mol. The highest BCUT2D eigenvalue weighted by molar-refractivity contribution is 7.86. The van der Waals surface area contributed by atoms with Crippen molar-refractivity contribution in [1.82, 2.24) is 0 Å². The van der Waals surface area contributed by atoms with Gasteiger partial charge < -0.3 is 0 Å². The predicted octanol–water partition coefficient (Wildman–Crippen LogP) is 0.515. The van der Waals surface area contributed by atoms with Crippen molar-refractivity contribution < 1.29 is 25.9 Å². The zero-order valence-electron chi connectivity index (χ0n) is 13.0. The lowest BCUT2D eigenvalue weighted by molar-refractivity contribution is 0.392. The van der Waals surface area contributed by atoms with E-state index in [2.05, 4.69) is 16.6 Å². The minimum absolute atomic E-state index is 0.124. The van der Waals surface area contributed by atoms with E-state index in [0.29, 0.717) is 17.1 Å². The molecular formula is C14H18N2O6S2. The Balaban J connectivity index is 2.41. The number of nitrogens with zero attached hydrogens (tertiary/aromatic N) is 2. The molecule has 0 spiro atoms. The highest BCUT2D eigenvalue weighted by atomic mass is 32.2. The molecule has 10 heteroatoms. The molecule has 24 heavy (non-hydrogen) atoms. The van der Waals surface area contributed by atoms with Crippen LogP contribution in [-0.4, -0.2) is 36.9 Å². The average Bonchev–Trinajstić information content (AvgIpc) is 2.80. The fourth-order valence-corrected chi connectivity index (χ4v) is 3.36. The molecule has 1 aromatic carbocycles. The van der Waals surface area contributed by atoms with Crippen LogP contribution in [0.25, 0.3) is 0 Å². The van der Waals surface area contributed by atoms with Crippen LogP contribution in [0.2, 0.25) is 0 Å². The summed E-state index contributed by atoms with van der Waals surface area (Å²) in [6.07, 6.45) is 2.26. The van der Waals surface area contributed by atoms with Crippen molar-refractivity contribution in [3.63, 3.8) is 0 Å². The maximum Gasteiger partial charge on any atom is 0.294 e. The molecule has 0 saturated heterocycles. The molecule has 0 bridgehead atoms. The molecule has 0 saturated carbocycles. The quantitative estimate of drug-likeness (QED) is 0.528. The van der Waals surface area contributed by atoms with E-state index in [4.69, 9.17) is 9.11 Å². The molecule has 2 rings (SSSR count). The van der Waals surface area contributed by atoms with Crippen LogP contribution in [-0.2, 0) is 20.2 Å². The first-order chi connectivity index (χ1) is 11.0. The molecule has 1 aromatic rings. The van der Waals surface area contributed by atoms with Crippen molar-refractivity contribution in [1.29, 1.82) is 0 Å². The summed E-state index contributed by atoms with van der Waals surface area (Å²) in [5.74, 6) is 0. The third kappa shape index (κ3) is 4.07.